The molecule has 0 amide bonds. The zero-order chi connectivity index (χ0) is 24.1. The number of rotatable bonds is 7. The van der Waals surface area contributed by atoms with Gasteiger partial charge in [0.25, 0.3) is 0 Å². The molecule has 0 fully saturated rings. The molecule has 1 aliphatic rings. The van der Waals surface area contributed by atoms with Gasteiger partial charge < -0.3 is 0 Å². The van der Waals surface area contributed by atoms with Crippen molar-refractivity contribution in [2.75, 3.05) is 0 Å². The van der Waals surface area contributed by atoms with Gasteiger partial charge in [0.15, 0.2) is 20.5 Å². The van der Waals surface area contributed by atoms with E-state index in [0.717, 1.165) is 9.80 Å². The molecule has 0 saturated carbocycles. The number of Topliss-reactive ketones (excluding diaryl/α,β-unsaturated/α-hetero) is 1. The van der Waals surface area contributed by atoms with Crippen LogP contribution >= 0.6 is 23.4 Å². The maximum absolute atomic E-state index is 12.9. The van der Waals surface area contributed by atoms with Gasteiger partial charge in [-0.05, 0) is 55.0 Å². The Morgan fingerprint density at radius 1 is 0.714 bits per heavy atom. The summed E-state index contributed by atoms with van der Waals surface area (Å²) in [6.45, 7) is 0. The topological polar surface area (TPSA) is 17.1 Å². The van der Waals surface area contributed by atoms with Gasteiger partial charge in [0.2, 0.25) is 0 Å². The lowest BCUT2D eigenvalue weighted by Crippen LogP contribution is -2.31. The van der Waals surface area contributed by atoms with E-state index in [1.165, 1.54) is 14.7 Å². The van der Waals surface area contributed by atoms with Crippen LogP contribution in [0.4, 0.5) is 0 Å². The highest BCUT2D eigenvalue weighted by Crippen LogP contribution is 2.38. The van der Waals surface area contributed by atoms with E-state index in [9.17, 15) is 4.79 Å². The largest absolute Gasteiger partial charge is 0.292 e. The third-order valence-corrected chi connectivity index (χ3v) is 9.51. The summed E-state index contributed by atoms with van der Waals surface area (Å²) in [5, 5.41) is 0. The highest BCUT2D eigenvalue weighted by atomic mass is 35.5. The van der Waals surface area contributed by atoms with Gasteiger partial charge in [-0.25, -0.2) is 0 Å². The Hall–Kier alpha value is -2.98. The average molecular weight is 512 g/mol. The zero-order valence-corrected chi connectivity index (χ0v) is 21.4. The van der Waals surface area contributed by atoms with Crippen LogP contribution in [0.15, 0.2) is 158 Å². The molecule has 0 aromatic heterocycles. The SMILES string of the molecule is O=C(c1ccccc1)C1(Cl)C=CC(Sc2ccc([S+](c3ccccc3)c3ccccc3)cc2)=CC1. The summed E-state index contributed by atoms with van der Waals surface area (Å²) in [5.74, 6) is -0.0606. The van der Waals surface area contributed by atoms with E-state index in [0.29, 0.717) is 12.0 Å². The molecule has 172 valence electrons. The van der Waals surface area contributed by atoms with Crippen LogP contribution in [0.5, 0.6) is 0 Å². The number of carbonyl (C=O) groups is 1. The molecule has 35 heavy (non-hydrogen) atoms. The molecule has 4 aromatic rings. The summed E-state index contributed by atoms with van der Waals surface area (Å²) in [6, 6.07) is 39.4. The Morgan fingerprint density at radius 3 is 1.74 bits per heavy atom. The normalized spacial score (nSPS) is 17.3. The second-order valence-electron chi connectivity index (χ2n) is 8.21. The molecule has 4 heteroatoms. The van der Waals surface area contributed by atoms with Gasteiger partial charge >= 0.3 is 0 Å². The van der Waals surface area contributed by atoms with Crippen molar-refractivity contribution in [3.63, 3.8) is 0 Å². The van der Waals surface area contributed by atoms with Crippen LogP contribution in [0.1, 0.15) is 16.8 Å². The number of benzene rings is 4. The Labute approximate surface area is 218 Å². The van der Waals surface area contributed by atoms with Crippen LogP contribution in [0.3, 0.4) is 0 Å². The molecule has 5 rings (SSSR count). The van der Waals surface area contributed by atoms with Crippen molar-refractivity contribution in [2.45, 2.75) is 30.9 Å². The summed E-state index contributed by atoms with van der Waals surface area (Å²) in [6.07, 6.45) is 6.34. The zero-order valence-electron chi connectivity index (χ0n) is 19.0. The number of hydrogen-bond donors (Lipinski definition) is 0. The minimum absolute atomic E-state index is 0.0606. The van der Waals surface area contributed by atoms with Gasteiger partial charge in [-0.2, -0.15) is 0 Å². The van der Waals surface area contributed by atoms with Crippen LogP contribution < -0.4 is 0 Å². The predicted molar refractivity (Wildman–Crippen MR) is 149 cm³/mol. The fourth-order valence-corrected chi connectivity index (χ4v) is 7.15. The fourth-order valence-electron chi connectivity index (χ4n) is 3.97. The van der Waals surface area contributed by atoms with Crippen LogP contribution in [0.25, 0.3) is 0 Å². The maximum atomic E-state index is 12.9. The molecule has 1 atom stereocenters. The second-order valence-corrected chi connectivity index (χ2v) is 12.1. The molecule has 0 heterocycles. The van der Waals surface area contributed by atoms with Gasteiger partial charge in [-0.15, -0.1) is 11.6 Å². The lowest BCUT2D eigenvalue weighted by Gasteiger charge is -2.24. The third kappa shape index (κ3) is 5.48. The summed E-state index contributed by atoms with van der Waals surface area (Å²) >= 11 is 8.40. The molecule has 0 aliphatic heterocycles. The van der Waals surface area contributed by atoms with Crippen LogP contribution in [0, 0.1) is 0 Å². The summed E-state index contributed by atoms with van der Waals surface area (Å²) < 4.78 is 0. The Balaban J connectivity index is 1.31. The van der Waals surface area contributed by atoms with Gasteiger partial charge in [0, 0.05) is 15.4 Å². The van der Waals surface area contributed by atoms with Gasteiger partial charge in [0.1, 0.15) is 4.87 Å². The van der Waals surface area contributed by atoms with Crippen molar-refractivity contribution < 1.29 is 4.79 Å². The molecule has 0 N–H and O–H groups in total. The van der Waals surface area contributed by atoms with Crippen molar-refractivity contribution in [3.8, 4) is 0 Å². The molecule has 1 aliphatic carbocycles. The lowest BCUT2D eigenvalue weighted by atomic mass is 9.91. The minimum Gasteiger partial charge on any atom is -0.292 e. The smallest absolute Gasteiger partial charge is 0.187 e. The quantitative estimate of drug-likeness (QED) is 0.140. The second kappa shape index (κ2) is 10.7. The monoisotopic (exact) mass is 511 g/mol. The first-order chi connectivity index (χ1) is 17.1. The van der Waals surface area contributed by atoms with Crippen LogP contribution in [-0.2, 0) is 10.9 Å². The summed E-state index contributed by atoms with van der Waals surface area (Å²) in [4.78, 5) is 18.0. The van der Waals surface area contributed by atoms with Gasteiger partial charge in [-0.3, -0.25) is 4.79 Å². The van der Waals surface area contributed by atoms with Crippen molar-refractivity contribution in [1.29, 1.82) is 0 Å². The van der Waals surface area contributed by atoms with Crippen LogP contribution in [-0.4, -0.2) is 10.7 Å². The van der Waals surface area contributed by atoms with E-state index in [2.05, 4.69) is 91.0 Å². The van der Waals surface area contributed by atoms with Gasteiger partial charge in [0.05, 0.1) is 10.9 Å². The number of allylic oxidation sites excluding steroid dienone is 3. The molecule has 0 spiro atoms. The Bertz CT molecular complexity index is 1310. The molecular formula is C31H24ClOS2+. The number of carbonyl (C=O) groups excluding carboxylic acids is 1. The molecular weight excluding hydrogens is 488 g/mol. The van der Waals surface area contributed by atoms with Crippen molar-refractivity contribution >= 4 is 40.0 Å². The van der Waals surface area contributed by atoms with Gasteiger partial charge in [-0.1, -0.05) is 96.7 Å². The first kappa shape index (κ1) is 23.7. The predicted octanol–water partition coefficient (Wildman–Crippen LogP) is 8.58. The third-order valence-electron chi connectivity index (χ3n) is 5.78. The number of thioether (sulfide) groups is 1. The summed E-state index contributed by atoms with van der Waals surface area (Å²) in [5.41, 5.74) is 0.638. The first-order valence-corrected chi connectivity index (χ1v) is 13.8. The van der Waals surface area contributed by atoms with E-state index in [-0.39, 0.29) is 16.7 Å². The minimum atomic E-state index is -1.02. The Kier molecular flexibility index (Phi) is 7.29. The average Bonchev–Trinajstić information content (AvgIpc) is 2.92. The maximum Gasteiger partial charge on any atom is 0.187 e. The van der Waals surface area contributed by atoms with E-state index in [4.69, 9.17) is 11.6 Å². The lowest BCUT2D eigenvalue weighted by molar-refractivity contribution is 0.0959. The first-order valence-electron chi connectivity index (χ1n) is 11.4. The van der Waals surface area contributed by atoms with Crippen molar-refractivity contribution in [2.24, 2.45) is 0 Å². The standard InChI is InChI=1S/C31H24ClOS2/c32-31(30(33)24-10-4-1-5-11-24)22-20-26(21-23-31)34-25-16-18-29(19-17-25)35(27-12-6-2-7-13-27)28-14-8-3-9-15-28/h1-22H,23H2/q+1. The number of alkyl halides is 1. The van der Waals surface area contributed by atoms with Crippen molar-refractivity contribution in [3.05, 3.63) is 144 Å². The van der Waals surface area contributed by atoms with Crippen LogP contribution in [0.2, 0.25) is 0 Å². The molecule has 1 nitrogen and oxygen atoms in total. The molecule has 0 bridgehead atoms. The Morgan fingerprint density at radius 2 is 1.23 bits per heavy atom. The van der Waals surface area contributed by atoms with E-state index in [1.807, 2.05) is 42.5 Å². The fraction of sp³-hybridized carbons (Fsp3) is 0.0645. The van der Waals surface area contributed by atoms with E-state index >= 15 is 0 Å². The molecule has 4 aromatic carbocycles. The van der Waals surface area contributed by atoms with Crippen molar-refractivity contribution in [1.82, 2.24) is 0 Å². The molecule has 0 radical (unpaired) electrons. The highest BCUT2D eigenvalue weighted by molar-refractivity contribution is 8.03. The van der Waals surface area contributed by atoms with E-state index < -0.39 is 4.87 Å². The highest BCUT2D eigenvalue weighted by Gasteiger charge is 2.35. The molecule has 1 unspecified atom stereocenters. The van der Waals surface area contributed by atoms with E-state index in [1.54, 1.807) is 11.8 Å². The summed E-state index contributed by atoms with van der Waals surface area (Å²) in [7, 11) is -0.156. The number of halogens is 1. The molecule has 0 saturated heterocycles. The number of ketones is 1. The number of hydrogen-bond acceptors (Lipinski definition) is 2.